The van der Waals surface area contributed by atoms with Crippen molar-refractivity contribution in [1.29, 1.82) is 0 Å². The first kappa shape index (κ1) is 91.1. The van der Waals surface area contributed by atoms with E-state index in [4.69, 9.17) is 37.0 Å². The van der Waals surface area contributed by atoms with Gasteiger partial charge in [0.2, 0.25) is 0 Å². The normalized spacial score (nSPS) is 14.1. The van der Waals surface area contributed by atoms with Crippen LogP contribution < -0.4 is 0 Å². The predicted octanol–water partition coefficient (Wildman–Crippen LogP) is 21.6. The van der Waals surface area contributed by atoms with E-state index in [-0.39, 0.29) is 25.7 Å². The highest BCUT2D eigenvalue weighted by Gasteiger charge is 2.30. The fourth-order valence-electron chi connectivity index (χ4n) is 11.3. The Balaban J connectivity index is 5.18. The van der Waals surface area contributed by atoms with Gasteiger partial charge in [-0.3, -0.25) is 37.3 Å². The maximum Gasteiger partial charge on any atom is 0.472 e. The van der Waals surface area contributed by atoms with Gasteiger partial charge < -0.3 is 33.8 Å². The van der Waals surface area contributed by atoms with E-state index in [1.54, 1.807) is 0 Å². The molecule has 3 N–H and O–H groups in total. The zero-order valence-corrected chi connectivity index (χ0v) is 62.3. The van der Waals surface area contributed by atoms with Gasteiger partial charge in [-0.2, -0.15) is 0 Å². The summed E-state index contributed by atoms with van der Waals surface area (Å²) in [6, 6.07) is 0. The SMILES string of the molecule is CCCCCCCCCCCCCCCCCCCCC(=O)OC[C@H](COP(=O)(O)OC[C@@H](O)COP(=O)(O)OC[C@@H](COC(=O)CCCCCCCCCC)OC(=O)CCCCCCCCC(C)C)OC(=O)CCCCCCCCCCCCCCCCCC(C)C. The molecule has 0 saturated carbocycles. The number of phosphoric acid groups is 2. The molecule has 0 fully saturated rings. The van der Waals surface area contributed by atoms with Crippen LogP contribution in [-0.2, 0) is 65.4 Å². The van der Waals surface area contributed by atoms with E-state index in [1.165, 1.54) is 193 Å². The number of phosphoric ester groups is 2. The maximum atomic E-state index is 13.1. The van der Waals surface area contributed by atoms with Crippen molar-refractivity contribution in [2.75, 3.05) is 39.6 Å². The van der Waals surface area contributed by atoms with Gasteiger partial charge in [0, 0.05) is 25.7 Å². The Morgan fingerprint density at radius 3 is 0.731 bits per heavy atom. The van der Waals surface area contributed by atoms with Crippen molar-refractivity contribution >= 4 is 39.5 Å². The van der Waals surface area contributed by atoms with Gasteiger partial charge >= 0.3 is 39.5 Å². The van der Waals surface area contributed by atoms with Gasteiger partial charge in [0.05, 0.1) is 26.4 Å². The molecular weight excluding hydrogens is 1220 g/mol. The summed E-state index contributed by atoms with van der Waals surface area (Å²) in [5.74, 6) is -0.653. The number of ether oxygens (including phenoxy) is 4. The molecule has 2 unspecified atom stereocenters. The number of rotatable bonds is 73. The lowest BCUT2D eigenvalue weighted by atomic mass is 10.0. The van der Waals surface area contributed by atoms with Gasteiger partial charge in [-0.15, -0.1) is 0 Å². The lowest BCUT2D eigenvalue weighted by molar-refractivity contribution is -0.161. The van der Waals surface area contributed by atoms with Crippen LogP contribution in [0.1, 0.15) is 382 Å². The van der Waals surface area contributed by atoms with E-state index in [0.717, 1.165) is 102 Å². The largest absolute Gasteiger partial charge is 0.472 e. The average Bonchev–Trinajstić information content (AvgIpc) is 3.74. The summed E-state index contributed by atoms with van der Waals surface area (Å²) in [5.41, 5.74) is 0. The van der Waals surface area contributed by atoms with Crippen LogP contribution in [0, 0.1) is 11.8 Å². The van der Waals surface area contributed by atoms with E-state index in [0.29, 0.717) is 31.6 Å². The number of esters is 4. The minimum Gasteiger partial charge on any atom is -0.462 e. The third kappa shape index (κ3) is 68.4. The van der Waals surface area contributed by atoms with Crippen molar-refractivity contribution in [3.05, 3.63) is 0 Å². The van der Waals surface area contributed by atoms with Crippen molar-refractivity contribution in [3.8, 4) is 0 Å². The fourth-order valence-corrected chi connectivity index (χ4v) is 12.9. The lowest BCUT2D eigenvalue weighted by Crippen LogP contribution is -2.30. The van der Waals surface area contributed by atoms with Gasteiger partial charge in [0.15, 0.2) is 12.2 Å². The zero-order chi connectivity index (χ0) is 68.6. The second kappa shape index (κ2) is 66.0. The first-order valence-corrected chi connectivity index (χ1v) is 41.5. The standard InChI is InChI=1S/C74H144O17P2/c1-7-9-11-13-15-17-18-19-20-21-22-25-28-31-34-38-45-51-57-72(77)85-62-69(90-73(78)58-52-46-39-35-32-29-26-23-24-27-30-33-36-42-48-54-66(3)4)64-88-92(80,81)86-60-68(75)61-87-93(82,83)89-65-70(63-84-71(76)56-50-44-37-16-14-12-10-8-2)91-74(79)59-53-47-41-40-43-49-55-67(5)6/h66-70,75H,7-65H2,1-6H3,(H,80,81)(H,82,83)/t68-,69-,70-/m1/s1. The van der Waals surface area contributed by atoms with E-state index >= 15 is 0 Å². The number of carbonyl (C=O) groups excluding carboxylic acids is 4. The molecule has 93 heavy (non-hydrogen) atoms. The molecule has 0 aromatic heterocycles. The first-order valence-electron chi connectivity index (χ1n) is 38.5. The summed E-state index contributed by atoms with van der Waals surface area (Å²) in [7, 11) is -9.90. The second-order valence-electron chi connectivity index (χ2n) is 27.6. The monoisotopic (exact) mass is 1370 g/mol. The predicted molar refractivity (Wildman–Crippen MR) is 377 cm³/mol. The molecule has 0 heterocycles. The Morgan fingerprint density at radius 1 is 0.290 bits per heavy atom. The zero-order valence-electron chi connectivity index (χ0n) is 60.6. The number of aliphatic hydroxyl groups excluding tert-OH is 1. The molecule has 0 radical (unpaired) electrons. The summed E-state index contributed by atoms with van der Waals surface area (Å²) in [5, 5.41) is 10.6. The summed E-state index contributed by atoms with van der Waals surface area (Å²) in [6.45, 7) is 9.48. The third-order valence-electron chi connectivity index (χ3n) is 17.2. The molecule has 0 rings (SSSR count). The fraction of sp³-hybridized carbons (Fsp3) is 0.946. The highest BCUT2D eigenvalue weighted by molar-refractivity contribution is 7.47. The third-order valence-corrected chi connectivity index (χ3v) is 19.1. The molecule has 0 aliphatic rings. The summed E-state index contributed by atoms with van der Waals surface area (Å²) in [4.78, 5) is 72.5. The minimum absolute atomic E-state index is 0.102. The Hall–Kier alpha value is -1.94. The van der Waals surface area contributed by atoms with Gasteiger partial charge in [-0.1, -0.05) is 330 Å². The van der Waals surface area contributed by atoms with Crippen molar-refractivity contribution < 1.29 is 80.2 Å². The van der Waals surface area contributed by atoms with Gasteiger partial charge in [-0.05, 0) is 37.5 Å². The molecule has 0 aromatic carbocycles. The number of unbranched alkanes of at least 4 members (excludes halogenated alkanes) is 43. The molecule has 0 saturated heterocycles. The van der Waals surface area contributed by atoms with E-state index < -0.39 is 97.5 Å². The maximum absolute atomic E-state index is 13.1. The molecule has 0 aliphatic carbocycles. The lowest BCUT2D eigenvalue weighted by Gasteiger charge is -2.21. The van der Waals surface area contributed by atoms with Crippen molar-refractivity contribution in [2.45, 2.75) is 400 Å². The number of hydrogen-bond acceptors (Lipinski definition) is 15. The molecule has 0 aliphatic heterocycles. The average molecular weight is 1370 g/mol. The summed E-state index contributed by atoms with van der Waals surface area (Å²) in [6.07, 6.45) is 53.1. The molecule has 0 amide bonds. The topological polar surface area (TPSA) is 237 Å². The van der Waals surface area contributed by atoms with Crippen LogP contribution in [0.2, 0.25) is 0 Å². The van der Waals surface area contributed by atoms with Crippen LogP contribution in [0.4, 0.5) is 0 Å². The molecule has 0 spiro atoms. The van der Waals surface area contributed by atoms with Crippen LogP contribution in [0.25, 0.3) is 0 Å². The quantitative estimate of drug-likeness (QED) is 0.0222. The first-order chi connectivity index (χ1) is 44.9. The molecule has 0 bridgehead atoms. The Bertz CT molecular complexity index is 1800. The highest BCUT2D eigenvalue weighted by Crippen LogP contribution is 2.45. The van der Waals surface area contributed by atoms with Gasteiger partial charge in [0.1, 0.15) is 19.3 Å². The molecule has 17 nitrogen and oxygen atoms in total. The number of carbonyl (C=O) groups is 4. The van der Waals surface area contributed by atoms with Crippen LogP contribution in [0.15, 0.2) is 0 Å². The molecular formula is C74H144O17P2. The van der Waals surface area contributed by atoms with Crippen LogP contribution in [0.3, 0.4) is 0 Å². The van der Waals surface area contributed by atoms with E-state index in [9.17, 15) is 43.2 Å². The summed E-state index contributed by atoms with van der Waals surface area (Å²) >= 11 is 0. The Kier molecular flexibility index (Phi) is 64.6. The Morgan fingerprint density at radius 2 is 0.495 bits per heavy atom. The second-order valence-corrected chi connectivity index (χ2v) is 30.5. The van der Waals surface area contributed by atoms with Crippen LogP contribution in [-0.4, -0.2) is 96.7 Å². The van der Waals surface area contributed by atoms with Crippen molar-refractivity contribution in [3.63, 3.8) is 0 Å². The van der Waals surface area contributed by atoms with Gasteiger partial charge in [-0.25, -0.2) is 9.13 Å². The van der Waals surface area contributed by atoms with Gasteiger partial charge in [0.25, 0.3) is 0 Å². The minimum atomic E-state index is -4.95. The summed E-state index contributed by atoms with van der Waals surface area (Å²) < 4.78 is 68.3. The van der Waals surface area contributed by atoms with Crippen LogP contribution >= 0.6 is 15.6 Å². The van der Waals surface area contributed by atoms with Crippen molar-refractivity contribution in [2.24, 2.45) is 11.8 Å². The number of aliphatic hydroxyl groups is 1. The molecule has 552 valence electrons. The molecule has 5 atom stereocenters. The van der Waals surface area contributed by atoms with Crippen LogP contribution in [0.5, 0.6) is 0 Å². The molecule has 19 heteroatoms. The molecule has 0 aromatic rings. The smallest absolute Gasteiger partial charge is 0.462 e. The highest BCUT2D eigenvalue weighted by atomic mass is 31.2. The Labute approximate surface area is 568 Å². The van der Waals surface area contributed by atoms with Crippen molar-refractivity contribution in [1.82, 2.24) is 0 Å². The van der Waals surface area contributed by atoms with E-state index in [2.05, 4.69) is 41.5 Å². The number of hydrogen-bond donors (Lipinski definition) is 3. The van der Waals surface area contributed by atoms with E-state index in [1.807, 2.05) is 0 Å².